The van der Waals surface area contributed by atoms with Gasteiger partial charge in [0.25, 0.3) is 0 Å². The molecule has 0 fully saturated rings. The van der Waals surface area contributed by atoms with Crippen molar-refractivity contribution in [1.82, 2.24) is 0 Å². The van der Waals surface area contributed by atoms with Crippen LogP contribution in [-0.4, -0.2) is 0 Å². The van der Waals surface area contributed by atoms with Gasteiger partial charge in [0.1, 0.15) is 5.82 Å². The second-order valence-corrected chi connectivity index (χ2v) is 3.54. The molecule has 1 unspecified atom stereocenters. The highest BCUT2D eigenvalue weighted by Gasteiger charge is 2.12. The topological polar surface area (TPSA) is 0 Å². The van der Waals surface area contributed by atoms with Gasteiger partial charge in [0.15, 0.2) is 0 Å². The van der Waals surface area contributed by atoms with E-state index >= 15 is 0 Å². The standard InChI is InChI=1S/C13H15F/c1-4-6-11(5-2)12-8-7-10(3)9-13(12)14/h1,7-9,11H,5-6H2,2-3H3. The van der Waals surface area contributed by atoms with E-state index in [-0.39, 0.29) is 11.7 Å². The largest absolute Gasteiger partial charge is 0.207 e. The minimum absolute atomic E-state index is 0.132. The summed E-state index contributed by atoms with van der Waals surface area (Å²) >= 11 is 0. The van der Waals surface area contributed by atoms with E-state index < -0.39 is 0 Å². The molecule has 1 rings (SSSR count). The Labute approximate surface area is 85.2 Å². The van der Waals surface area contributed by atoms with E-state index in [1.54, 1.807) is 6.07 Å². The SMILES string of the molecule is C#CCC(CC)c1ccc(C)cc1F. The van der Waals surface area contributed by atoms with E-state index in [0.29, 0.717) is 6.42 Å². The number of halogens is 1. The lowest BCUT2D eigenvalue weighted by Crippen LogP contribution is -1.99. The van der Waals surface area contributed by atoms with Crippen LogP contribution >= 0.6 is 0 Å². The molecule has 0 spiro atoms. The summed E-state index contributed by atoms with van der Waals surface area (Å²) in [5.41, 5.74) is 1.69. The molecule has 0 aliphatic heterocycles. The fourth-order valence-corrected chi connectivity index (χ4v) is 1.58. The van der Waals surface area contributed by atoms with Crippen molar-refractivity contribution in [1.29, 1.82) is 0 Å². The molecule has 0 saturated heterocycles. The quantitative estimate of drug-likeness (QED) is 0.638. The molecule has 0 saturated carbocycles. The lowest BCUT2D eigenvalue weighted by atomic mass is 9.92. The fourth-order valence-electron chi connectivity index (χ4n) is 1.58. The van der Waals surface area contributed by atoms with Crippen LogP contribution in [0, 0.1) is 25.1 Å². The van der Waals surface area contributed by atoms with Crippen LogP contribution in [-0.2, 0) is 0 Å². The van der Waals surface area contributed by atoms with Gasteiger partial charge in [-0.05, 0) is 36.5 Å². The molecule has 0 radical (unpaired) electrons. The lowest BCUT2D eigenvalue weighted by Gasteiger charge is -2.13. The van der Waals surface area contributed by atoms with Crippen molar-refractivity contribution in [3.05, 3.63) is 35.1 Å². The molecule has 1 aromatic rings. The predicted molar refractivity (Wildman–Crippen MR) is 57.6 cm³/mol. The number of hydrogen-bond acceptors (Lipinski definition) is 0. The average Bonchev–Trinajstić information content (AvgIpc) is 2.15. The van der Waals surface area contributed by atoms with Gasteiger partial charge in [0, 0.05) is 6.42 Å². The first-order chi connectivity index (χ1) is 6.69. The Morgan fingerprint density at radius 3 is 2.71 bits per heavy atom. The van der Waals surface area contributed by atoms with Crippen LogP contribution in [0.1, 0.15) is 36.8 Å². The number of aryl methyl sites for hydroxylation is 1. The highest BCUT2D eigenvalue weighted by molar-refractivity contribution is 5.27. The van der Waals surface area contributed by atoms with Crippen molar-refractivity contribution in [2.24, 2.45) is 0 Å². The van der Waals surface area contributed by atoms with Gasteiger partial charge in [-0.25, -0.2) is 4.39 Å². The maximum atomic E-state index is 13.5. The molecule has 0 nitrogen and oxygen atoms in total. The number of terminal acetylenes is 1. The number of rotatable bonds is 3. The van der Waals surface area contributed by atoms with Crippen LogP contribution in [0.5, 0.6) is 0 Å². The number of hydrogen-bond donors (Lipinski definition) is 0. The molecule has 0 aliphatic rings. The molecule has 14 heavy (non-hydrogen) atoms. The minimum Gasteiger partial charge on any atom is -0.207 e. The van der Waals surface area contributed by atoms with Crippen molar-refractivity contribution < 1.29 is 4.39 Å². The summed E-state index contributed by atoms with van der Waals surface area (Å²) in [4.78, 5) is 0. The Morgan fingerprint density at radius 1 is 1.50 bits per heavy atom. The minimum atomic E-state index is -0.132. The van der Waals surface area contributed by atoms with Gasteiger partial charge in [0.05, 0.1) is 0 Å². The fraction of sp³-hybridized carbons (Fsp3) is 0.385. The first-order valence-corrected chi connectivity index (χ1v) is 4.88. The summed E-state index contributed by atoms with van der Waals surface area (Å²) in [7, 11) is 0. The Hall–Kier alpha value is -1.29. The van der Waals surface area contributed by atoms with Crippen molar-refractivity contribution in [2.75, 3.05) is 0 Å². The van der Waals surface area contributed by atoms with Gasteiger partial charge in [-0.2, -0.15) is 0 Å². The van der Waals surface area contributed by atoms with Gasteiger partial charge in [0.2, 0.25) is 0 Å². The summed E-state index contributed by atoms with van der Waals surface area (Å²) < 4.78 is 13.5. The molecule has 0 N–H and O–H groups in total. The molecular formula is C13H15F. The van der Waals surface area contributed by atoms with Crippen LogP contribution < -0.4 is 0 Å². The first-order valence-electron chi connectivity index (χ1n) is 4.88. The van der Waals surface area contributed by atoms with Gasteiger partial charge in [-0.15, -0.1) is 12.3 Å². The third-order valence-electron chi connectivity index (χ3n) is 2.45. The van der Waals surface area contributed by atoms with E-state index in [1.165, 1.54) is 0 Å². The van der Waals surface area contributed by atoms with Gasteiger partial charge < -0.3 is 0 Å². The van der Waals surface area contributed by atoms with Gasteiger partial charge >= 0.3 is 0 Å². The predicted octanol–water partition coefficient (Wildman–Crippen LogP) is 3.65. The third-order valence-corrected chi connectivity index (χ3v) is 2.45. The van der Waals surface area contributed by atoms with Crippen LogP contribution in [0.15, 0.2) is 18.2 Å². The summed E-state index contributed by atoms with van der Waals surface area (Å²) in [6.45, 7) is 3.91. The summed E-state index contributed by atoms with van der Waals surface area (Å²) in [5, 5.41) is 0. The number of benzene rings is 1. The van der Waals surface area contributed by atoms with E-state index in [9.17, 15) is 4.39 Å². The first kappa shape index (κ1) is 10.8. The van der Waals surface area contributed by atoms with Crippen LogP contribution in [0.2, 0.25) is 0 Å². The highest BCUT2D eigenvalue weighted by Crippen LogP contribution is 2.25. The zero-order chi connectivity index (χ0) is 10.6. The van der Waals surface area contributed by atoms with Crippen molar-refractivity contribution in [3.8, 4) is 12.3 Å². The Kier molecular flexibility index (Phi) is 3.71. The lowest BCUT2D eigenvalue weighted by molar-refractivity contribution is 0.571. The molecule has 1 heteroatoms. The molecule has 1 atom stereocenters. The Bertz CT molecular complexity index is 347. The van der Waals surface area contributed by atoms with E-state index in [2.05, 4.69) is 5.92 Å². The van der Waals surface area contributed by atoms with Crippen molar-refractivity contribution in [3.63, 3.8) is 0 Å². The zero-order valence-corrected chi connectivity index (χ0v) is 8.68. The Balaban J connectivity index is 2.99. The van der Waals surface area contributed by atoms with Crippen LogP contribution in [0.3, 0.4) is 0 Å². The van der Waals surface area contributed by atoms with Crippen LogP contribution in [0.4, 0.5) is 4.39 Å². The molecule has 0 bridgehead atoms. The second-order valence-electron chi connectivity index (χ2n) is 3.54. The maximum Gasteiger partial charge on any atom is 0.126 e. The average molecular weight is 190 g/mol. The molecular weight excluding hydrogens is 175 g/mol. The van der Waals surface area contributed by atoms with Crippen molar-refractivity contribution >= 4 is 0 Å². The Morgan fingerprint density at radius 2 is 2.21 bits per heavy atom. The molecule has 1 aromatic carbocycles. The smallest absolute Gasteiger partial charge is 0.126 e. The van der Waals surface area contributed by atoms with Gasteiger partial charge in [-0.3, -0.25) is 0 Å². The molecule has 74 valence electrons. The molecule has 0 heterocycles. The molecule has 0 amide bonds. The maximum absolute atomic E-state index is 13.5. The third kappa shape index (κ3) is 2.35. The summed E-state index contributed by atoms with van der Waals surface area (Å²) in [5.74, 6) is 2.61. The summed E-state index contributed by atoms with van der Waals surface area (Å²) in [6, 6.07) is 5.34. The van der Waals surface area contributed by atoms with E-state index in [0.717, 1.165) is 17.5 Å². The summed E-state index contributed by atoms with van der Waals surface area (Å²) in [6.07, 6.45) is 6.74. The normalized spacial score (nSPS) is 12.1. The molecule has 0 aromatic heterocycles. The zero-order valence-electron chi connectivity index (χ0n) is 8.68. The van der Waals surface area contributed by atoms with E-state index in [1.807, 2.05) is 26.0 Å². The second kappa shape index (κ2) is 4.81. The van der Waals surface area contributed by atoms with E-state index in [4.69, 9.17) is 6.42 Å². The van der Waals surface area contributed by atoms with Gasteiger partial charge in [-0.1, -0.05) is 19.1 Å². The van der Waals surface area contributed by atoms with Crippen molar-refractivity contribution in [2.45, 2.75) is 32.6 Å². The highest BCUT2D eigenvalue weighted by atomic mass is 19.1. The monoisotopic (exact) mass is 190 g/mol. The molecule has 0 aliphatic carbocycles. The van der Waals surface area contributed by atoms with Crippen LogP contribution in [0.25, 0.3) is 0 Å².